The number of carbonyl (C=O) groups excluding carboxylic acids is 2. The maximum absolute atomic E-state index is 12.7. The molecule has 0 saturated carbocycles. The maximum Gasteiger partial charge on any atom is 0.340 e. The molecule has 0 fully saturated rings. The third-order valence-electron chi connectivity index (χ3n) is 4.99. The largest absolute Gasteiger partial charge is 0.497 e. The number of thiophene rings is 1. The Labute approximate surface area is 197 Å². The highest BCUT2D eigenvalue weighted by atomic mass is 32.2. The van der Waals surface area contributed by atoms with Crippen molar-refractivity contribution in [3.8, 4) is 11.4 Å². The lowest BCUT2D eigenvalue weighted by Crippen LogP contribution is -2.24. The molecule has 0 aliphatic heterocycles. The number of ketones is 1. The fourth-order valence-corrected chi connectivity index (χ4v) is 4.80. The highest BCUT2D eigenvalue weighted by molar-refractivity contribution is 7.88. The van der Waals surface area contributed by atoms with E-state index < -0.39 is 16.0 Å². The molecule has 0 spiro atoms. The quantitative estimate of drug-likeness (QED) is 0.346. The standard InChI is InChI=1S/C23H26N2O6S2/c1-15-13-20(16(2)25(15)17-5-7-18(30-3)8-6-17)23(27)31-14-21(26)22-10-9-19(32-22)11-12-24-33(4,28)29/h5-10,13,24H,11-12,14H2,1-4H3. The molecule has 0 amide bonds. The smallest absolute Gasteiger partial charge is 0.340 e. The Hall–Kier alpha value is -2.95. The molecule has 1 N–H and O–H groups in total. The van der Waals surface area contributed by atoms with Crippen LogP contribution in [0.2, 0.25) is 0 Å². The number of nitrogens with zero attached hydrogens (tertiary/aromatic N) is 1. The van der Waals surface area contributed by atoms with E-state index in [0.29, 0.717) is 22.6 Å². The number of hydrogen-bond acceptors (Lipinski definition) is 7. The monoisotopic (exact) mass is 490 g/mol. The minimum Gasteiger partial charge on any atom is -0.497 e. The molecule has 0 saturated heterocycles. The van der Waals surface area contributed by atoms with Crippen LogP contribution in [0.5, 0.6) is 5.75 Å². The van der Waals surface area contributed by atoms with Gasteiger partial charge in [-0.25, -0.2) is 17.9 Å². The molecule has 2 aromatic heterocycles. The molecule has 0 aliphatic rings. The number of rotatable bonds is 10. The van der Waals surface area contributed by atoms with Crippen molar-refractivity contribution in [3.05, 3.63) is 69.2 Å². The zero-order valence-corrected chi connectivity index (χ0v) is 20.5. The minimum absolute atomic E-state index is 0.256. The number of aryl methyl sites for hydroxylation is 1. The van der Waals surface area contributed by atoms with Crippen LogP contribution in [0.15, 0.2) is 42.5 Å². The first-order valence-electron chi connectivity index (χ1n) is 10.2. The first-order chi connectivity index (χ1) is 15.6. The van der Waals surface area contributed by atoms with E-state index in [1.165, 1.54) is 11.3 Å². The van der Waals surface area contributed by atoms with Crippen molar-refractivity contribution < 1.29 is 27.5 Å². The maximum atomic E-state index is 12.7. The van der Waals surface area contributed by atoms with Gasteiger partial charge in [0.15, 0.2) is 6.61 Å². The normalized spacial score (nSPS) is 11.4. The van der Waals surface area contributed by atoms with Crippen LogP contribution in [0.3, 0.4) is 0 Å². The Morgan fingerprint density at radius 3 is 2.42 bits per heavy atom. The van der Waals surface area contributed by atoms with Gasteiger partial charge in [-0.2, -0.15) is 0 Å². The van der Waals surface area contributed by atoms with E-state index in [1.54, 1.807) is 25.3 Å². The summed E-state index contributed by atoms with van der Waals surface area (Å²) in [5.74, 6) is -0.132. The van der Waals surface area contributed by atoms with Crippen molar-refractivity contribution in [1.29, 1.82) is 0 Å². The fraction of sp³-hybridized carbons (Fsp3) is 0.304. The van der Waals surface area contributed by atoms with Gasteiger partial charge >= 0.3 is 5.97 Å². The van der Waals surface area contributed by atoms with Crippen LogP contribution in [-0.2, 0) is 21.2 Å². The highest BCUT2D eigenvalue weighted by Gasteiger charge is 2.20. The molecule has 10 heteroatoms. The number of ether oxygens (including phenoxy) is 2. The van der Waals surface area contributed by atoms with Gasteiger partial charge in [-0.1, -0.05) is 0 Å². The van der Waals surface area contributed by atoms with Crippen LogP contribution in [0.25, 0.3) is 5.69 Å². The summed E-state index contributed by atoms with van der Waals surface area (Å²) in [6.45, 7) is 3.61. The second-order valence-corrected chi connectivity index (χ2v) is 10.5. The number of esters is 1. The van der Waals surface area contributed by atoms with Gasteiger partial charge in [0.1, 0.15) is 5.75 Å². The lowest BCUT2D eigenvalue weighted by Gasteiger charge is -2.10. The van der Waals surface area contributed by atoms with Crippen LogP contribution in [-0.4, -0.2) is 51.3 Å². The summed E-state index contributed by atoms with van der Waals surface area (Å²) in [5, 5.41) is 0. The first-order valence-corrected chi connectivity index (χ1v) is 12.9. The molecule has 33 heavy (non-hydrogen) atoms. The number of sulfonamides is 1. The molecule has 0 atom stereocenters. The lowest BCUT2D eigenvalue weighted by molar-refractivity contribution is 0.0475. The zero-order valence-electron chi connectivity index (χ0n) is 18.9. The molecule has 1 aromatic carbocycles. The van der Waals surface area contributed by atoms with Crippen molar-refractivity contribution in [1.82, 2.24) is 9.29 Å². The Morgan fingerprint density at radius 2 is 1.79 bits per heavy atom. The molecular weight excluding hydrogens is 464 g/mol. The second kappa shape index (κ2) is 10.3. The lowest BCUT2D eigenvalue weighted by atomic mass is 10.2. The summed E-state index contributed by atoms with van der Waals surface area (Å²) >= 11 is 1.26. The van der Waals surface area contributed by atoms with Crippen LogP contribution >= 0.6 is 11.3 Å². The van der Waals surface area contributed by atoms with E-state index in [2.05, 4.69) is 4.72 Å². The van der Waals surface area contributed by atoms with Crippen molar-refractivity contribution >= 4 is 33.1 Å². The van der Waals surface area contributed by atoms with Crippen LogP contribution in [0.1, 0.15) is 36.3 Å². The Kier molecular flexibility index (Phi) is 7.72. The summed E-state index contributed by atoms with van der Waals surface area (Å²) in [7, 11) is -1.65. The second-order valence-electron chi connectivity index (χ2n) is 7.50. The molecule has 8 nitrogen and oxygen atoms in total. The van der Waals surface area contributed by atoms with Crippen LogP contribution in [0.4, 0.5) is 0 Å². The van der Waals surface area contributed by atoms with Gasteiger partial charge in [0, 0.05) is 28.5 Å². The zero-order chi connectivity index (χ0) is 24.2. The number of aromatic nitrogens is 1. The number of methoxy groups -OCH3 is 1. The SMILES string of the molecule is COc1ccc(-n2c(C)cc(C(=O)OCC(=O)c3ccc(CCNS(C)(=O)=O)s3)c2C)cc1. The van der Waals surface area contributed by atoms with E-state index in [9.17, 15) is 18.0 Å². The molecule has 2 heterocycles. The first kappa shape index (κ1) is 24.7. The fourth-order valence-electron chi connectivity index (χ4n) is 3.40. The van der Waals surface area contributed by atoms with Gasteiger partial charge in [0.25, 0.3) is 0 Å². The van der Waals surface area contributed by atoms with Crippen LogP contribution < -0.4 is 9.46 Å². The van der Waals surface area contributed by atoms with Gasteiger partial charge in [0.2, 0.25) is 15.8 Å². The summed E-state index contributed by atoms with van der Waals surface area (Å²) in [4.78, 5) is 26.5. The van der Waals surface area contributed by atoms with E-state index in [0.717, 1.165) is 28.3 Å². The predicted molar refractivity (Wildman–Crippen MR) is 127 cm³/mol. The summed E-state index contributed by atoms with van der Waals surface area (Å²) in [6.07, 6.45) is 1.57. The summed E-state index contributed by atoms with van der Waals surface area (Å²) in [5.41, 5.74) is 2.86. The number of hydrogen-bond donors (Lipinski definition) is 1. The minimum atomic E-state index is -3.25. The average Bonchev–Trinajstić information content (AvgIpc) is 3.35. The van der Waals surface area contributed by atoms with E-state index in [1.807, 2.05) is 42.7 Å². The topological polar surface area (TPSA) is 104 Å². The van der Waals surface area contributed by atoms with Crippen molar-refractivity contribution in [3.63, 3.8) is 0 Å². The van der Waals surface area contributed by atoms with Gasteiger partial charge < -0.3 is 14.0 Å². The highest BCUT2D eigenvalue weighted by Crippen LogP contribution is 2.24. The van der Waals surface area contributed by atoms with E-state index in [-0.39, 0.29) is 18.9 Å². The number of nitrogens with one attached hydrogen (secondary N) is 1. The average molecular weight is 491 g/mol. The van der Waals surface area contributed by atoms with Gasteiger partial charge in [-0.3, -0.25) is 4.79 Å². The molecule has 3 aromatic rings. The molecule has 176 valence electrons. The molecule has 3 rings (SSSR count). The van der Waals surface area contributed by atoms with Gasteiger partial charge in [-0.15, -0.1) is 11.3 Å². The predicted octanol–water partition coefficient (Wildman–Crippen LogP) is 3.30. The third kappa shape index (κ3) is 6.31. The number of benzene rings is 1. The Balaban J connectivity index is 1.62. The Bertz CT molecular complexity index is 1260. The summed E-state index contributed by atoms with van der Waals surface area (Å²) in [6, 6.07) is 12.7. The Morgan fingerprint density at radius 1 is 1.09 bits per heavy atom. The van der Waals surface area contributed by atoms with E-state index >= 15 is 0 Å². The van der Waals surface area contributed by atoms with Gasteiger partial charge in [0.05, 0.1) is 23.8 Å². The van der Waals surface area contributed by atoms with Crippen LogP contribution in [0, 0.1) is 13.8 Å². The molecule has 0 bridgehead atoms. The van der Waals surface area contributed by atoms with Crippen molar-refractivity contribution in [2.75, 3.05) is 26.5 Å². The molecule has 0 aliphatic carbocycles. The van der Waals surface area contributed by atoms with Gasteiger partial charge in [-0.05, 0) is 62.7 Å². The van der Waals surface area contributed by atoms with Crippen molar-refractivity contribution in [2.45, 2.75) is 20.3 Å². The molecular formula is C23H26N2O6S2. The van der Waals surface area contributed by atoms with Crippen molar-refractivity contribution in [2.24, 2.45) is 0 Å². The number of Topliss-reactive ketones (excluding diaryl/α,β-unsaturated/α-hetero) is 1. The molecule has 0 radical (unpaired) electrons. The number of carbonyl (C=O) groups is 2. The third-order valence-corrected chi connectivity index (χ3v) is 6.90. The summed E-state index contributed by atoms with van der Waals surface area (Å²) < 4.78 is 37.1. The van der Waals surface area contributed by atoms with E-state index in [4.69, 9.17) is 9.47 Å². The molecule has 0 unspecified atom stereocenters.